The minimum absolute atomic E-state index is 0.107. The summed E-state index contributed by atoms with van der Waals surface area (Å²) >= 11 is 9.43. The Hall–Kier alpha value is -1.72. The van der Waals surface area contributed by atoms with Gasteiger partial charge in [-0.2, -0.15) is 0 Å². The molecular weight excluding hydrogens is 380 g/mol. The van der Waals surface area contributed by atoms with Crippen molar-refractivity contribution in [3.8, 4) is 5.75 Å². The van der Waals surface area contributed by atoms with Gasteiger partial charge in [0.25, 0.3) is 0 Å². The zero-order chi connectivity index (χ0) is 16.8. The third-order valence-corrected chi connectivity index (χ3v) is 4.38. The van der Waals surface area contributed by atoms with Crippen molar-refractivity contribution in [2.75, 3.05) is 24.3 Å². The monoisotopic (exact) mass is 396 g/mol. The highest BCUT2D eigenvalue weighted by atomic mass is 79.9. The average Bonchev–Trinajstić information content (AvgIpc) is 2.51. The highest BCUT2D eigenvalue weighted by Gasteiger charge is 2.08. The number of amides is 1. The first-order valence-electron chi connectivity index (χ1n) is 7.13. The van der Waals surface area contributed by atoms with Gasteiger partial charge in [0.05, 0.1) is 12.8 Å². The van der Waals surface area contributed by atoms with Crippen molar-refractivity contribution in [2.24, 2.45) is 0 Å². The molecule has 0 radical (unpaired) electrons. The number of anilines is 2. The number of carbonyl (C=O) groups is 1. The molecule has 0 aliphatic heterocycles. The van der Waals surface area contributed by atoms with Crippen LogP contribution in [0.15, 0.2) is 40.9 Å². The van der Waals surface area contributed by atoms with Crippen molar-refractivity contribution < 1.29 is 9.53 Å². The Labute approximate surface area is 149 Å². The Bertz CT molecular complexity index is 707. The lowest BCUT2D eigenvalue weighted by molar-refractivity contribution is -0.115. The molecule has 4 nitrogen and oxygen atoms in total. The van der Waals surface area contributed by atoms with Crippen molar-refractivity contribution in [3.63, 3.8) is 0 Å². The molecule has 2 aromatic carbocycles. The maximum atomic E-state index is 12.0. The van der Waals surface area contributed by atoms with E-state index in [1.54, 1.807) is 25.3 Å². The Balaban J connectivity index is 1.88. The van der Waals surface area contributed by atoms with Gasteiger partial charge in [0.2, 0.25) is 5.91 Å². The number of benzene rings is 2. The van der Waals surface area contributed by atoms with Gasteiger partial charge in [-0.15, -0.1) is 0 Å². The first kappa shape index (κ1) is 17.6. The van der Waals surface area contributed by atoms with E-state index in [-0.39, 0.29) is 5.91 Å². The van der Waals surface area contributed by atoms with Crippen LogP contribution in [0.4, 0.5) is 11.4 Å². The lowest BCUT2D eigenvalue weighted by atomic mass is 10.2. The van der Waals surface area contributed by atoms with Crippen molar-refractivity contribution >= 4 is 44.8 Å². The molecule has 0 aliphatic carbocycles. The molecule has 0 aliphatic rings. The SMILES string of the molecule is COc1ccc(Cl)cc1NC(=O)CCNc1ccc(C)c(Br)c1. The number of hydrogen-bond donors (Lipinski definition) is 2. The summed E-state index contributed by atoms with van der Waals surface area (Å²) in [5, 5.41) is 6.58. The zero-order valence-corrected chi connectivity index (χ0v) is 15.3. The first-order chi connectivity index (χ1) is 11.0. The molecule has 2 N–H and O–H groups in total. The summed E-state index contributed by atoms with van der Waals surface area (Å²) in [5.41, 5.74) is 2.71. The first-order valence-corrected chi connectivity index (χ1v) is 8.30. The molecule has 0 fully saturated rings. The third kappa shape index (κ3) is 5.15. The standard InChI is InChI=1S/C17H18BrClN2O2/c1-11-3-5-13(10-14(11)18)20-8-7-17(22)21-15-9-12(19)4-6-16(15)23-2/h3-6,9-10,20H,7-8H2,1-2H3,(H,21,22). The molecular formula is C17H18BrClN2O2. The molecule has 23 heavy (non-hydrogen) atoms. The summed E-state index contributed by atoms with van der Waals surface area (Å²) in [6.07, 6.45) is 0.334. The highest BCUT2D eigenvalue weighted by Crippen LogP contribution is 2.27. The normalized spacial score (nSPS) is 10.3. The lowest BCUT2D eigenvalue weighted by Crippen LogP contribution is -2.16. The van der Waals surface area contributed by atoms with Crippen LogP contribution >= 0.6 is 27.5 Å². The largest absolute Gasteiger partial charge is 0.495 e. The van der Waals surface area contributed by atoms with Crippen LogP contribution in [0.5, 0.6) is 5.75 Å². The summed E-state index contributed by atoms with van der Waals surface area (Å²) in [6.45, 7) is 2.56. The summed E-state index contributed by atoms with van der Waals surface area (Å²) in [7, 11) is 1.55. The van der Waals surface area contributed by atoms with Crippen molar-refractivity contribution in [1.29, 1.82) is 0 Å². The minimum Gasteiger partial charge on any atom is -0.495 e. The molecule has 0 unspecified atom stereocenters. The number of hydrogen-bond acceptors (Lipinski definition) is 3. The Morgan fingerprint density at radius 3 is 2.74 bits per heavy atom. The summed E-state index contributed by atoms with van der Waals surface area (Å²) in [4.78, 5) is 12.0. The Morgan fingerprint density at radius 2 is 2.04 bits per heavy atom. The molecule has 0 saturated carbocycles. The van der Waals surface area contributed by atoms with Gasteiger partial charge < -0.3 is 15.4 Å². The van der Waals surface area contributed by atoms with E-state index < -0.39 is 0 Å². The van der Waals surface area contributed by atoms with Crippen LogP contribution in [-0.2, 0) is 4.79 Å². The fourth-order valence-corrected chi connectivity index (χ4v) is 2.56. The van der Waals surface area contributed by atoms with Gasteiger partial charge in [-0.05, 0) is 42.8 Å². The van der Waals surface area contributed by atoms with Gasteiger partial charge >= 0.3 is 0 Å². The zero-order valence-electron chi connectivity index (χ0n) is 13.0. The van der Waals surface area contributed by atoms with Gasteiger partial charge in [-0.3, -0.25) is 4.79 Å². The molecule has 2 aromatic rings. The number of rotatable bonds is 6. The maximum Gasteiger partial charge on any atom is 0.226 e. The topological polar surface area (TPSA) is 50.4 Å². The van der Waals surface area contributed by atoms with Gasteiger partial charge in [-0.1, -0.05) is 33.6 Å². The summed E-state index contributed by atoms with van der Waals surface area (Å²) in [6, 6.07) is 11.1. The van der Waals surface area contributed by atoms with Crippen LogP contribution in [0.1, 0.15) is 12.0 Å². The smallest absolute Gasteiger partial charge is 0.226 e. The van der Waals surface area contributed by atoms with E-state index >= 15 is 0 Å². The molecule has 6 heteroatoms. The molecule has 1 amide bonds. The predicted octanol–water partition coefficient (Wildman–Crippen LogP) is 4.86. The molecule has 0 saturated heterocycles. The summed E-state index contributed by atoms with van der Waals surface area (Å²) in [5.74, 6) is 0.474. The van der Waals surface area contributed by atoms with Crippen molar-refractivity contribution in [1.82, 2.24) is 0 Å². The van der Waals surface area contributed by atoms with E-state index in [0.29, 0.717) is 29.4 Å². The third-order valence-electron chi connectivity index (χ3n) is 3.29. The number of nitrogens with one attached hydrogen (secondary N) is 2. The Morgan fingerprint density at radius 1 is 1.26 bits per heavy atom. The summed E-state index contributed by atoms with van der Waals surface area (Å²) < 4.78 is 6.24. The van der Waals surface area contributed by atoms with Crippen LogP contribution in [0, 0.1) is 6.92 Å². The van der Waals surface area contributed by atoms with Crippen LogP contribution < -0.4 is 15.4 Å². The molecule has 122 valence electrons. The van der Waals surface area contributed by atoms with Gasteiger partial charge in [-0.25, -0.2) is 0 Å². The van der Waals surface area contributed by atoms with Gasteiger partial charge in [0, 0.05) is 28.1 Å². The van der Waals surface area contributed by atoms with Crippen LogP contribution in [0.3, 0.4) is 0 Å². The number of carbonyl (C=O) groups excluding carboxylic acids is 1. The van der Waals surface area contributed by atoms with Crippen LogP contribution in [-0.4, -0.2) is 19.6 Å². The van der Waals surface area contributed by atoms with Gasteiger partial charge in [0.1, 0.15) is 5.75 Å². The molecule has 0 bridgehead atoms. The van der Waals surface area contributed by atoms with E-state index in [9.17, 15) is 4.79 Å². The van der Waals surface area contributed by atoms with Gasteiger partial charge in [0.15, 0.2) is 0 Å². The van der Waals surface area contributed by atoms with E-state index in [0.717, 1.165) is 10.2 Å². The molecule has 0 aromatic heterocycles. The fraction of sp³-hybridized carbons (Fsp3) is 0.235. The van der Waals surface area contributed by atoms with Crippen LogP contribution in [0.2, 0.25) is 5.02 Å². The molecule has 0 heterocycles. The second-order valence-electron chi connectivity index (χ2n) is 5.03. The fourth-order valence-electron chi connectivity index (χ4n) is 2.01. The molecule has 0 spiro atoms. The quantitative estimate of drug-likeness (QED) is 0.732. The average molecular weight is 398 g/mol. The maximum absolute atomic E-state index is 12.0. The number of halogens is 2. The molecule has 2 rings (SSSR count). The van der Waals surface area contributed by atoms with Crippen LogP contribution in [0.25, 0.3) is 0 Å². The van der Waals surface area contributed by atoms with E-state index in [4.69, 9.17) is 16.3 Å². The van der Waals surface area contributed by atoms with E-state index in [1.807, 2.05) is 25.1 Å². The van der Waals surface area contributed by atoms with Crippen molar-refractivity contribution in [2.45, 2.75) is 13.3 Å². The lowest BCUT2D eigenvalue weighted by Gasteiger charge is -2.11. The molecule has 0 atom stereocenters. The second-order valence-corrected chi connectivity index (χ2v) is 6.32. The highest BCUT2D eigenvalue weighted by molar-refractivity contribution is 9.10. The number of methoxy groups -OCH3 is 1. The second kappa shape index (κ2) is 8.22. The number of aryl methyl sites for hydroxylation is 1. The van der Waals surface area contributed by atoms with E-state index in [1.165, 1.54) is 5.56 Å². The van der Waals surface area contributed by atoms with Crippen molar-refractivity contribution in [3.05, 3.63) is 51.5 Å². The Kier molecular flexibility index (Phi) is 6.30. The minimum atomic E-state index is -0.107. The predicted molar refractivity (Wildman–Crippen MR) is 98.6 cm³/mol. The van der Waals surface area contributed by atoms with E-state index in [2.05, 4.69) is 26.6 Å². The number of ether oxygens (including phenoxy) is 1.